The number of furan rings is 1. The van der Waals surface area contributed by atoms with Gasteiger partial charge in [-0.3, -0.25) is 4.79 Å². The molecule has 3 N–H and O–H groups in total. The molecule has 2 aromatic rings. The van der Waals surface area contributed by atoms with Crippen LogP contribution in [-0.2, 0) is 11.3 Å². The number of para-hydroxylation sites is 1. The summed E-state index contributed by atoms with van der Waals surface area (Å²) in [6.07, 6.45) is 1.15. The van der Waals surface area contributed by atoms with Crippen molar-refractivity contribution in [2.45, 2.75) is 39.3 Å². The topological polar surface area (TPSA) is 68.3 Å². The smallest absolute Gasteiger partial charge is 0.220 e. The van der Waals surface area contributed by atoms with Gasteiger partial charge in [0.1, 0.15) is 11.3 Å². The van der Waals surface area contributed by atoms with E-state index in [1.807, 2.05) is 38.1 Å². The summed E-state index contributed by atoms with van der Waals surface area (Å²) in [5.74, 6) is 0.826. The number of fused-ring (bicyclic) bond motifs is 1. The van der Waals surface area contributed by atoms with Crippen molar-refractivity contribution in [3.05, 3.63) is 35.6 Å². The first-order valence-electron chi connectivity index (χ1n) is 6.57. The second-order valence-electron chi connectivity index (χ2n) is 4.94. The van der Waals surface area contributed by atoms with Crippen molar-refractivity contribution in [3.63, 3.8) is 0 Å². The largest absolute Gasteiger partial charge is 0.459 e. The molecule has 1 heterocycles. The lowest BCUT2D eigenvalue weighted by Gasteiger charge is -2.06. The van der Waals surface area contributed by atoms with E-state index in [1.165, 1.54) is 0 Å². The molecule has 1 amide bonds. The average Bonchev–Trinajstić information content (AvgIpc) is 2.71. The maximum absolute atomic E-state index is 11.6. The third-order valence-electron chi connectivity index (χ3n) is 3.22. The van der Waals surface area contributed by atoms with E-state index in [-0.39, 0.29) is 11.9 Å². The fourth-order valence-corrected chi connectivity index (χ4v) is 2.02. The minimum atomic E-state index is 0.0113. The Morgan fingerprint density at radius 3 is 2.84 bits per heavy atom. The molecule has 0 fully saturated rings. The quantitative estimate of drug-likeness (QED) is 0.867. The van der Waals surface area contributed by atoms with Crippen LogP contribution in [0.2, 0.25) is 0 Å². The lowest BCUT2D eigenvalue weighted by Crippen LogP contribution is -2.25. The molecule has 0 spiro atoms. The molecule has 0 bridgehead atoms. The van der Waals surface area contributed by atoms with E-state index in [0.717, 1.165) is 22.3 Å². The standard InChI is InChI=1S/C15H20N2O2/c1-10(16)7-8-15(18)17-9-14-11(2)12-5-3-4-6-13(12)19-14/h3-6,10H,7-9,16H2,1-2H3,(H,17,18). The van der Waals surface area contributed by atoms with Gasteiger partial charge in [0.25, 0.3) is 0 Å². The first kappa shape index (κ1) is 13.6. The molecule has 2 rings (SSSR count). The predicted molar refractivity (Wildman–Crippen MR) is 75.7 cm³/mol. The molecule has 1 aromatic heterocycles. The number of amides is 1. The minimum absolute atomic E-state index is 0.0113. The van der Waals surface area contributed by atoms with Crippen LogP contribution in [0.1, 0.15) is 31.1 Å². The second kappa shape index (κ2) is 5.89. The van der Waals surface area contributed by atoms with E-state index in [0.29, 0.717) is 19.4 Å². The van der Waals surface area contributed by atoms with E-state index < -0.39 is 0 Å². The molecule has 102 valence electrons. The van der Waals surface area contributed by atoms with Crippen LogP contribution in [0.3, 0.4) is 0 Å². The number of aryl methyl sites for hydroxylation is 1. The number of nitrogens with one attached hydrogen (secondary N) is 1. The highest BCUT2D eigenvalue weighted by Gasteiger charge is 2.11. The number of rotatable bonds is 5. The Balaban J connectivity index is 1.98. The number of carbonyl (C=O) groups excluding carboxylic acids is 1. The van der Waals surface area contributed by atoms with E-state index >= 15 is 0 Å². The molecule has 0 radical (unpaired) electrons. The zero-order valence-corrected chi connectivity index (χ0v) is 11.4. The molecular formula is C15H20N2O2. The molecule has 19 heavy (non-hydrogen) atoms. The van der Waals surface area contributed by atoms with Gasteiger partial charge in [-0.25, -0.2) is 0 Å². The summed E-state index contributed by atoms with van der Waals surface area (Å²) < 4.78 is 5.74. The molecule has 0 saturated heterocycles. The molecule has 0 aliphatic carbocycles. The highest BCUT2D eigenvalue weighted by molar-refractivity contribution is 5.82. The lowest BCUT2D eigenvalue weighted by atomic mass is 10.1. The summed E-state index contributed by atoms with van der Waals surface area (Å²) in [5, 5.41) is 3.97. The molecule has 1 atom stereocenters. The maximum atomic E-state index is 11.6. The molecule has 1 aromatic carbocycles. The van der Waals surface area contributed by atoms with Crippen LogP contribution in [0.15, 0.2) is 28.7 Å². The Labute approximate surface area is 113 Å². The maximum Gasteiger partial charge on any atom is 0.220 e. The Morgan fingerprint density at radius 1 is 1.42 bits per heavy atom. The van der Waals surface area contributed by atoms with Crippen molar-refractivity contribution in [1.82, 2.24) is 5.32 Å². The van der Waals surface area contributed by atoms with Gasteiger partial charge in [0, 0.05) is 23.4 Å². The molecule has 1 unspecified atom stereocenters. The highest BCUT2D eigenvalue weighted by Crippen LogP contribution is 2.24. The van der Waals surface area contributed by atoms with Gasteiger partial charge in [-0.15, -0.1) is 0 Å². The number of nitrogens with two attached hydrogens (primary N) is 1. The van der Waals surface area contributed by atoms with Crippen LogP contribution in [0.5, 0.6) is 0 Å². The van der Waals surface area contributed by atoms with Gasteiger partial charge in [0.05, 0.1) is 6.54 Å². The van der Waals surface area contributed by atoms with Gasteiger partial charge in [-0.1, -0.05) is 18.2 Å². The highest BCUT2D eigenvalue weighted by atomic mass is 16.3. The van der Waals surface area contributed by atoms with Gasteiger partial charge < -0.3 is 15.5 Å². The Hall–Kier alpha value is -1.81. The van der Waals surface area contributed by atoms with Crippen molar-refractivity contribution in [2.24, 2.45) is 5.73 Å². The zero-order chi connectivity index (χ0) is 13.8. The van der Waals surface area contributed by atoms with Gasteiger partial charge >= 0.3 is 0 Å². The summed E-state index contributed by atoms with van der Waals surface area (Å²) in [6.45, 7) is 4.34. The van der Waals surface area contributed by atoms with Crippen LogP contribution in [0.25, 0.3) is 11.0 Å². The molecule has 0 saturated carbocycles. The lowest BCUT2D eigenvalue weighted by molar-refractivity contribution is -0.121. The van der Waals surface area contributed by atoms with Crippen LogP contribution in [-0.4, -0.2) is 11.9 Å². The Morgan fingerprint density at radius 2 is 2.16 bits per heavy atom. The molecule has 4 heteroatoms. The SMILES string of the molecule is Cc1c(CNC(=O)CCC(C)N)oc2ccccc12. The second-order valence-corrected chi connectivity index (χ2v) is 4.94. The van der Waals surface area contributed by atoms with Crippen molar-refractivity contribution < 1.29 is 9.21 Å². The van der Waals surface area contributed by atoms with E-state index in [9.17, 15) is 4.79 Å². The van der Waals surface area contributed by atoms with Gasteiger partial charge in [-0.2, -0.15) is 0 Å². The predicted octanol–water partition coefficient (Wildman–Crippen LogP) is 2.48. The summed E-state index contributed by atoms with van der Waals surface area (Å²) in [4.78, 5) is 11.6. The monoisotopic (exact) mass is 260 g/mol. The summed E-state index contributed by atoms with van der Waals surface area (Å²) in [7, 11) is 0. The first-order valence-corrected chi connectivity index (χ1v) is 6.57. The fourth-order valence-electron chi connectivity index (χ4n) is 2.02. The first-order chi connectivity index (χ1) is 9.08. The number of carbonyl (C=O) groups is 1. The normalized spacial score (nSPS) is 12.6. The summed E-state index contributed by atoms with van der Waals surface area (Å²) >= 11 is 0. The average molecular weight is 260 g/mol. The Bertz CT molecular complexity index is 573. The van der Waals surface area contributed by atoms with E-state index in [2.05, 4.69) is 5.32 Å². The zero-order valence-electron chi connectivity index (χ0n) is 11.4. The van der Waals surface area contributed by atoms with Crippen molar-refractivity contribution in [1.29, 1.82) is 0 Å². The van der Waals surface area contributed by atoms with E-state index in [1.54, 1.807) is 0 Å². The van der Waals surface area contributed by atoms with Gasteiger partial charge in [0.2, 0.25) is 5.91 Å². The minimum Gasteiger partial charge on any atom is -0.459 e. The van der Waals surface area contributed by atoms with E-state index in [4.69, 9.17) is 10.2 Å². The molecule has 4 nitrogen and oxygen atoms in total. The fraction of sp³-hybridized carbons (Fsp3) is 0.400. The van der Waals surface area contributed by atoms with Crippen LogP contribution in [0, 0.1) is 6.92 Å². The van der Waals surface area contributed by atoms with Crippen molar-refractivity contribution in [2.75, 3.05) is 0 Å². The van der Waals surface area contributed by atoms with Crippen molar-refractivity contribution >= 4 is 16.9 Å². The van der Waals surface area contributed by atoms with Crippen molar-refractivity contribution in [3.8, 4) is 0 Å². The summed E-state index contributed by atoms with van der Waals surface area (Å²) in [5.41, 5.74) is 7.57. The van der Waals surface area contributed by atoms with Crippen LogP contribution < -0.4 is 11.1 Å². The number of hydrogen-bond acceptors (Lipinski definition) is 3. The Kier molecular flexibility index (Phi) is 4.22. The number of hydrogen-bond donors (Lipinski definition) is 2. The molecule has 0 aliphatic rings. The van der Waals surface area contributed by atoms with Gasteiger partial charge in [0.15, 0.2) is 0 Å². The molecular weight excluding hydrogens is 240 g/mol. The van der Waals surface area contributed by atoms with Crippen LogP contribution >= 0.6 is 0 Å². The number of benzene rings is 1. The third-order valence-corrected chi connectivity index (χ3v) is 3.22. The van der Waals surface area contributed by atoms with Gasteiger partial charge in [-0.05, 0) is 26.3 Å². The third kappa shape index (κ3) is 3.35. The summed E-state index contributed by atoms with van der Waals surface area (Å²) in [6, 6.07) is 7.93. The molecule has 0 aliphatic heterocycles. The van der Waals surface area contributed by atoms with Crippen LogP contribution in [0.4, 0.5) is 0 Å².